The number of anilines is 1. The molecule has 1 aliphatic heterocycles. The Labute approximate surface area is 167 Å². The minimum Gasteiger partial charge on any atom is -0.493 e. The molecule has 0 saturated carbocycles. The van der Waals surface area contributed by atoms with Gasteiger partial charge in [-0.3, -0.25) is 14.2 Å². The highest BCUT2D eigenvalue weighted by Crippen LogP contribution is 2.34. The fourth-order valence-corrected chi connectivity index (χ4v) is 4.96. The lowest BCUT2D eigenvalue weighted by Crippen LogP contribution is -2.32. The molecule has 0 spiro atoms. The number of carbonyl (C=O) groups is 1. The quantitative estimate of drug-likeness (QED) is 0.776. The lowest BCUT2D eigenvalue weighted by atomic mass is 9.97. The number of aromatic nitrogens is 2. The standard InChI is InChI=1S/C20H23N3O4S/c1-26-16-8-7-12(9-17(16)27-2)21-18(24)10-13-11-28-20-22-15-6-4-3-5-14(15)19(25)23(13)20/h7-9,13H,3-6,10-11H2,1-2H3,(H,21,24). The number of carbonyl (C=O) groups excluding carboxylic acids is 1. The van der Waals surface area contributed by atoms with Crippen LogP contribution in [0.3, 0.4) is 0 Å². The number of nitrogens with one attached hydrogen (secondary N) is 1. The van der Waals surface area contributed by atoms with Crippen molar-refractivity contribution in [3.8, 4) is 11.5 Å². The molecule has 4 rings (SSSR count). The van der Waals surface area contributed by atoms with Gasteiger partial charge in [0.25, 0.3) is 5.56 Å². The highest BCUT2D eigenvalue weighted by Gasteiger charge is 2.30. The molecule has 1 N–H and O–H groups in total. The summed E-state index contributed by atoms with van der Waals surface area (Å²) in [7, 11) is 3.12. The number of fused-ring (bicyclic) bond motifs is 2. The zero-order chi connectivity index (χ0) is 19.7. The van der Waals surface area contributed by atoms with Gasteiger partial charge >= 0.3 is 0 Å². The highest BCUT2D eigenvalue weighted by atomic mass is 32.2. The predicted octanol–water partition coefficient (Wildman–Crippen LogP) is 2.81. The van der Waals surface area contributed by atoms with Crippen LogP contribution < -0.4 is 20.3 Å². The molecule has 7 nitrogen and oxygen atoms in total. The van der Waals surface area contributed by atoms with E-state index in [1.807, 2.05) is 0 Å². The summed E-state index contributed by atoms with van der Waals surface area (Å²) in [5.41, 5.74) is 2.45. The molecule has 1 atom stereocenters. The third-order valence-electron chi connectivity index (χ3n) is 5.21. The van der Waals surface area contributed by atoms with Gasteiger partial charge in [0.2, 0.25) is 5.91 Å². The van der Waals surface area contributed by atoms with Crippen LogP contribution in [0.1, 0.15) is 36.6 Å². The maximum absolute atomic E-state index is 13.0. The molecule has 28 heavy (non-hydrogen) atoms. The van der Waals surface area contributed by atoms with Gasteiger partial charge in [-0.15, -0.1) is 0 Å². The number of hydrogen-bond donors (Lipinski definition) is 1. The van der Waals surface area contributed by atoms with Gasteiger partial charge < -0.3 is 14.8 Å². The molecule has 0 saturated heterocycles. The molecule has 148 valence electrons. The number of ether oxygens (including phenoxy) is 2. The molecule has 8 heteroatoms. The summed E-state index contributed by atoms with van der Waals surface area (Å²) >= 11 is 1.56. The van der Waals surface area contributed by atoms with Crippen LogP contribution in [0.15, 0.2) is 28.2 Å². The van der Waals surface area contributed by atoms with E-state index in [2.05, 4.69) is 5.32 Å². The van der Waals surface area contributed by atoms with Gasteiger partial charge in [-0.2, -0.15) is 0 Å². The van der Waals surface area contributed by atoms with E-state index in [1.54, 1.807) is 48.7 Å². The molecular weight excluding hydrogens is 378 g/mol. The summed E-state index contributed by atoms with van der Waals surface area (Å²) in [5, 5.41) is 3.63. The van der Waals surface area contributed by atoms with Crippen LogP contribution >= 0.6 is 11.8 Å². The molecule has 0 bridgehead atoms. The summed E-state index contributed by atoms with van der Waals surface area (Å²) in [5.74, 6) is 1.69. The molecule has 0 fully saturated rings. The predicted molar refractivity (Wildman–Crippen MR) is 108 cm³/mol. The van der Waals surface area contributed by atoms with Gasteiger partial charge in [-0.1, -0.05) is 11.8 Å². The maximum Gasteiger partial charge on any atom is 0.257 e. The van der Waals surface area contributed by atoms with Crippen molar-refractivity contribution in [3.05, 3.63) is 39.8 Å². The van der Waals surface area contributed by atoms with E-state index in [1.165, 1.54) is 0 Å². The van der Waals surface area contributed by atoms with Crippen molar-refractivity contribution >= 4 is 23.4 Å². The third kappa shape index (κ3) is 3.48. The summed E-state index contributed by atoms with van der Waals surface area (Å²) in [6.45, 7) is 0. The summed E-state index contributed by atoms with van der Waals surface area (Å²) in [6.07, 6.45) is 4.01. The average molecular weight is 401 g/mol. The molecule has 1 aromatic carbocycles. The number of methoxy groups -OCH3 is 2. The van der Waals surface area contributed by atoms with Crippen molar-refractivity contribution < 1.29 is 14.3 Å². The van der Waals surface area contributed by atoms with Crippen molar-refractivity contribution in [2.75, 3.05) is 25.3 Å². The van der Waals surface area contributed by atoms with Gasteiger partial charge in [0.05, 0.1) is 26.0 Å². The Morgan fingerprint density at radius 3 is 2.82 bits per heavy atom. The van der Waals surface area contributed by atoms with Crippen molar-refractivity contribution in [1.82, 2.24) is 9.55 Å². The number of amides is 1. The van der Waals surface area contributed by atoms with E-state index in [4.69, 9.17) is 14.5 Å². The highest BCUT2D eigenvalue weighted by molar-refractivity contribution is 7.99. The Kier molecular flexibility index (Phi) is 5.30. The molecule has 2 heterocycles. The molecular formula is C20H23N3O4S. The average Bonchev–Trinajstić information content (AvgIpc) is 3.10. The first-order valence-electron chi connectivity index (χ1n) is 9.39. The van der Waals surface area contributed by atoms with Crippen molar-refractivity contribution in [3.63, 3.8) is 0 Å². The first kappa shape index (κ1) is 18.9. The Balaban J connectivity index is 1.51. The number of nitrogens with zero attached hydrogens (tertiary/aromatic N) is 2. The molecule has 0 radical (unpaired) electrons. The minimum absolute atomic E-state index is 0.0358. The lowest BCUT2D eigenvalue weighted by Gasteiger charge is -2.19. The van der Waals surface area contributed by atoms with E-state index < -0.39 is 0 Å². The fourth-order valence-electron chi connectivity index (χ4n) is 3.80. The molecule has 1 aromatic heterocycles. The van der Waals surface area contributed by atoms with Gasteiger partial charge in [0, 0.05) is 29.5 Å². The van der Waals surface area contributed by atoms with E-state index in [-0.39, 0.29) is 23.9 Å². The molecule has 1 amide bonds. The fraction of sp³-hybridized carbons (Fsp3) is 0.450. The largest absolute Gasteiger partial charge is 0.493 e. The molecule has 1 aliphatic carbocycles. The summed E-state index contributed by atoms with van der Waals surface area (Å²) < 4.78 is 12.2. The minimum atomic E-state index is -0.174. The van der Waals surface area contributed by atoms with E-state index >= 15 is 0 Å². The first-order valence-corrected chi connectivity index (χ1v) is 10.4. The van der Waals surface area contributed by atoms with Crippen LogP contribution in [-0.2, 0) is 17.6 Å². The molecule has 2 aliphatic rings. The lowest BCUT2D eigenvalue weighted by molar-refractivity contribution is -0.116. The van der Waals surface area contributed by atoms with Gasteiger partial charge in [-0.05, 0) is 37.8 Å². The van der Waals surface area contributed by atoms with E-state index in [0.717, 1.165) is 42.1 Å². The smallest absolute Gasteiger partial charge is 0.257 e. The second-order valence-corrected chi connectivity index (χ2v) is 7.98. The number of thioether (sulfide) groups is 1. The number of hydrogen-bond acceptors (Lipinski definition) is 6. The molecule has 2 aromatic rings. The second kappa shape index (κ2) is 7.87. The van der Waals surface area contributed by atoms with Gasteiger partial charge in [0.1, 0.15) is 0 Å². The Morgan fingerprint density at radius 2 is 2.04 bits per heavy atom. The van der Waals surface area contributed by atoms with Crippen LogP contribution in [0, 0.1) is 0 Å². The normalized spacial score (nSPS) is 17.6. The zero-order valence-electron chi connectivity index (χ0n) is 16.0. The number of benzene rings is 1. The Morgan fingerprint density at radius 1 is 1.25 bits per heavy atom. The topological polar surface area (TPSA) is 82.5 Å². The second-order valence-electron chi connectivity index (χ2n) is 6.99. The Bertz CT molecular complexity index is 973. The monoisotopic (exact) mass is 401 g/mol. The van der Waals surface area contributed by atoms with Crippen LogP contribution in [0.2, 0.25) is 0 Å². The van der Waals surface area contributed by atoms with Crippen molar-refractivity contribution in [2.24, 2.45) is 0 Å². The van der Waals surface area contributed by atoms with Crippen LogP contribution in [-0.4, -0.2) is 35.4 Å². The van der Waals surface area contributed by atoms with E-state index in [9.17, 15) is 9.59 Å². The van der Waals surface area contributed by atoms with Crippen LogP contribution in [0.4, 0.5) is 5.69 Å². The third-order valence-corrected chi connectivity index (χ3v) is 6.31. The SMILES string of the molecule is COc1ccc(NC(=O)CC2CSc3nc4c(c(=O)n32)CCCC4)cc1OC. The van der Waals surface area contributed by atoms with Crippen molar-refractivity contribution in [1.29, 1.82) is 0 Å². The van der Waals surface area contributed by atoms with E-state index in [0.29, 0.717) is 22.9 Å². The van der Waals surface area contributed by atoms with Crippen LogP contribution in [0.5, 0.6) is 11.5 Å². The Hall–Kier alpha value is -2.48. The number of aryl methyl sites for hydroxylation is 1. The summed E-state index contributed by atoms with van der Waals surface area (Å²) in [4.78, 5) is 30.3. The first-order chi connectivity index (χ1) is 13.6. The van der Waals surface area contributed by atoms with Gasteiger partial charge in [0.15, 0.2) is 16.7 Å². The van der Waals surface area contributed by atoms with Crippen molar-refractivity contribution in [2.45, 2.75) is 43.3 Å². The molecule has 1 unspecified atom stereocenters. The summed E-state index contributed by atoms with van der Waals surface area (Å²) in [6, 6.07) is 5.06. The van der Waals surface area contributed by atoms with Crippen LogP contribution in [0.25, 0.3) is 0 Å². The maximum atomic E-state index is 13.0. The zero-order valence-corrected chi connectivity index (χ0v) is 16.8. The van der Waals surface area contributed by atoms with Gasteiger partial charge in [-0.25, -0.2) is 4.98 Å². The number of rotatable bonds is 5.